The maximum atomic E-state index is 12.9. The van der Waals surface area contributed by atoms with E-state index in [-0.39, 0.29) is 17.9 Å². The monoisotopic (exact) mass is 372 g/mol. The van der Waals surface area contributed by atoms with Crippen LogP contribution in [0.15, 0.2) is 60.0 Å². The van der Waals surface area contributed by atoms with Crippen molar-refractivity contribution >= 4 is 22.7 Å². The Labute approximate surface area is 165 Å². The van der Waals surface area contributed by atoms with Crippen LogP contribution in [0.5, 0.6) is 0 Å². The highest BCUT2D eigenvalue weighted by Gasteiger charge is 2.34. The Morgan fingerprint density at radius 2 is 1.79 bits per heavy atom. The summed E-state index contributed by atoms with van der Waals surface area (Å²) < 4.78 is 0. The molecule has 2 heterocycles. The molecule has 4 rings (SSSR count). The smallest absolute Gasteiger partial charge is 0.245 e. The van der Waals surface area contributed by atoms with Gasteiger partial charge in [-0.05, 0) is 35.2 Å². The molecular formula is C23H24N4O. The minimum atomic E-state index is -0.123. The van der Waals surface area contributed by atoms with E-state index in [9.17, 15) is 4.79 Å². The molecule has 3 aromatic rings. The van der Waals surface area contributed by atoms with Crippen molar-refractivity contribution in [3.63, 3.8) is 0 Å². The van der Waals surface area contributed by atoms with Crippen molar-refractivity contribution in [2.24, 2.45) is 11.0 Å². The molecule has 1 amide bonds. The van der Waals surface area contributed by atoms with Crippen LogP contribution in [-0.4, -0.2) is 26.6 Å². The summed E-state index contributed by atoms with van der Waals surface area (Å²) in [5, 5.41) is 6.40. The zero-order valence-corrected chi connectivity index (χ0v) is 16.5. The molecule has 0 unspecified atom stereocenters. The number of aromatic nitrogens is 2. The largest absolute Gasteiger partial charge is 0.273 e. The van der Waals surface area contributed by atoms with Crippen LogP contribution < -0.4 is 0 Å². The lowest BCUT2D eigenvalue weighted by Crippen LogP contribution is -2.30. The number of aryl methyl sites for hydroxylation is 1. The number of carbonyl (C=O) groups excluding carboxylic acids is 1. The van der Waals surface area contributed by atoms with Gasteiger partial charge in [0.2, 0.25) is 5.91 Å². The Bertz CT molecular complexity index is 1040. The Kier molecular flexibility index (Phi) is 4.90. The van der Waals surface area contributed by atoms with E-state index in [2.05, 4.69) is 41.2 Å². The lowest BCUT2D eigenvalue weighted by atomic mass is 9.97. The summed E-state index contributed by atoms with van der Waals surface area (Å²) >= 11 is 0. The first-order valence-corrected chi connectivity index (χ1v) is 9.77. The first-order chi connectivity index (χ1) is 13.6. The van der Waals surface area contributed by atoms with Crippen LogP contribution in [0.25, 0.3) is 11.0 Å². The minimum Gasteiger partial charge on any atom is -0.273 e. The second-order valence-corrected chi connectivity index (χ2v) is 7.46. The predicted molar refractivity (Wildman–Crippen MR) is 111 cm³/mol. The van der Waals surface area contributed by atoms with Crippen LogP contribution in [0.2, 0.25) is 0 Å². The first kappa shape index (κ1) is 18.3. The first-order valence-electron chi connectivity index (χ1n) is 9.77. The van der Waals surface area contributed by atoms with Crippen molar-refractivity contribution in [3.05, 3.63) is 71.5 Å². The number of benzene rings is 2. The molecule has 0 saturated carbocycles. The van der Waals surface area contributed by atoms with Gasteiger partial charge in [-0.1, -0.05) is 51.1 Å². The zero-order chi connectivity index (χ0) is 19.7. The van der Waals surface area contributed by atoms with Crippen LogP contribution >= 0.6 is 0 Å². The van der Waals surface area contributed by atoms with Gasteiger partial charge in [0.25, 0.3) is 0 Å². The van der Waals surface area contributed by atoms with Crippen LogP contribution in [0, 0.1) is 5.92 Å². The molecule has 1 atom stereocenters. The second-order valence-electron chi connectivity index (χ2n) is 7.46. The molecular weight excluding hydrogens is 348 g/mol. The third-order valence-electron chi connectivity index (χ3n) is 5.20. The SMILES string of the molecule is CCc1ccc(C2=NN(C(=O)C(C)C)[C@@H](c3ccc4nccnc4c3)C2)cc1. The number of hydrazone groups is 1. The molecule has 5 nitrogen and oxygen atoms in total. The van der Waals surface area contributed by atoms with Crippen LogP contribution in [0.4, 0.5) is 0 Å². The Balaban J connectivity index is 1.71. The molecule has 0 bridgehead atoms. The van der Waals surface area contributed by atoms with Crippen molar-refractivity contribution < 1.29 is 4.79 Å². The fraction of sp³-hybridized carbons (Fsp3) is 0.304. The average Bonchev–Trinajstić information content (AvgIpc) is 3.18. The second kappa shape index (κ2) is 7.50. The Hall–Kier alpha value is -3.08. The topological polar surface area (TPSA) is 58.5 Å². The van der Waals surface area contributed by atoms with E-state index in [0.717, 1.165) is 34.3 Å². The van der Waals surface area contributed by atoms with Crippen molar-refractivity contribution in [2.45, 2.75) is 39.7 Å². The third kappa shape index (κ3) is 3.40. The Morgan fingerprint density at radius 3 is 2.46 bits per heavy atom. The van der Waals surface area contributed by atoms with E-state index in [1.165, 1.54) is 5.56 Å². The van der Waals surface area contributed by atoms with Crippen LogP contribution in [0.1, 0.15) is 49.9 Å². The van der Waals surface area contributed by atoms with Gasteiger partial charge in [0.15, 0.2) is 0 Å². The van der Waals surface area contributed by atoms with Crippen LogP contribution in [-0.2, 0) is 11.2 Å². The Morgan fingerprint density at radius 1 is 1.07 bits per heavy atom. The third-order valence-corrected chi connectivity index (χ3v) is 5.20. The number of rotatable bonds is 4. The number of hydrogen-bond donors (Lipinski definition) is 0. The number of carbonyl (C=O) groups is 1. The molecule has 142 valence electrons. The highest BCUT2D eigenvalue weighted by Crippen LogP contribution is 2.34. The summed E-state index contributed by atoms with van der Waals surface area (Å²) in [7, 11) is 0. The van der Waals surface area contributed by atoms with E-state index < -0.39 is 0 Å². The van der Waals surface area contributed by atoms with Crippen molar-refractivity contribution in [2.75, 3.05) is 0 Å². The number of hydrogen-bond acceptors (Lipinski definition) is 4. The summed E-state index contributed by atoms with van der Waals surface area (Å²) in [5.41, 5.74) is 6.02. The maximum absolute atomic E-state index is 12.9. The lowest BCUT2D eigenvalue weighted by molar-refractivity contribution is -0.136. The van der Waals surface area contributed by atoms with Gasteiger partial charge in [0.1, 0.15) is 0 Å². The van der Waals surface area contributed by atoms with Gasteiger partial charge in [-0.25, -0.2) is 5.01 Å². The lowest BCUT2D eigenvalue weighted by Gasteiger charge is -2.23. The summed E-state index contributed by atoms with van der Waals surface area (Å²) in [4.78, 5) is 21.6. The standard InChI is InChI=1S/C23H24N4O/c1-4-16-5-7-17(8-6-16)20-14-22(27(26-20)23(28)15(2)3)18-9-10-19-21(13-18)25-12-11-24-19/h5-13,15,22H,4,14H2,1-3H3/t22-/m1/s1. The highest BCUT2D eigenvalue weighted by atomic mass is 16.2. The minimum absolute atomic E-state index is 0.0319. The number of fused-ring (bicyclic) bond motifs is 1. The fourth-order valence-corrected chi connectivity index (χ4v) is 3.53. The van der Waals surface area contributed by atoms with Crippen molar-refractivity contribution in [3.8, 4) is 0 Å². The van der Waals surface area contributed by atoms with Gasteiger partial charge in [-0.15, -0.1) is 0 Å². The van der Waals surface area contributed by atoms with E-state index in [0.29, 0.717) is 6.42 Å². The van der Waals surface area contributed by atoms with Gasteiger partial charge in [-0.2, -0.15) is 5.10 Å². The maximum Gasteiger partial charge on any atom is 0.245 e. The summed E-state index contributed by atoms with van der Waals surface area (Å²) in [5.74, 6) is -0.0854. The fourth-order valence-electron chi connectivity index (χ4n) is 3.53. The molecule has 0 spiro atoms. The molecule has 2 aromatic carbocycles. The molecule has 0 N–H and O–H groups in total. The van der Waals surface area contributed by atoms with E-state index in [1.54, 1.807) is 17.4 Å². The highest BCUT2D eigenvalue weighted by molar-refractivity contribution is 6.03. The molecule has 1 aliphatic rings. The van der Waals surface area contributed by atoms with Crippen molar-refractivity contribution in [1.29, 1.82) is 0 Å². The van der Waals surface area contributed by atoms with Gasteiger partial charge in [0, 0.05) is 24.7 Å². The summed E-state index contributed by atoms with van der Waals surface area (Å²) in [6, 6.07) is 14.4. The van der Waals surface area contributed by atoms with E-state index in [1.807, 2.05) is 32.0 Å². The predicted octanol–water partition coefficient (Wildman–Crippen LogP) is 4.53. The van der Waals surface area contributed by atoms with Gasteiger partial charge >= 0.3 is 0 Å². The molecule has 0 aliphatic carbocycles. The zero-order valence-electron chi connectivity index (χ0n) is 16.5. The molecule has 28 heavy (non-hydrogen) atoms. The summed E-state index contributed by atoms with van der Waals surface area (Å²) in [6.45, 7) is 5.97. The van der Waals surface area contributed by atoms with Gasteiger partial charge < -0.3 is 0 Å². The normalized spacial score (nSPS) is 16.6. The van der Waals surface area contributed by atoms with Gasteiger partial charge in [0.05, 0.1) is 22.8 Å². The van der Waals surface area contributed by atoms with Crippen molar-refractivity contribution in [1.82, 2.24) is 15.0 Å². The molecule has 5 heteroatoms. The average molecular weight is 372 g/mol. The molecule has 0 saturated heterocycles. The molecule has 1 aromatic heterocycles. The van der Waals surface area contributed by atoms with Crippen LogP contribution in [0.3, 0.4) is 0 Å². The van der Waals surface area contributed by atoms with Gasteiger partial charge in [-0.3, -0.25) is 14.8 Å². The number of amides is 1. The molecule has 1 aliphatic heterocycles. The van der Waals surface area contributed by atoms with E-state index >= 15 is 0 Å². The summed E-state index contributed by atoms with van der Waals surface area (Å²) in [6.07, 6.45) is 5.07. The molecule has 0 fully saturated rings. The quantitative estimate of drug-likeness (QED) is 0.676. The van der Waals surface area contributed by atoms with E-state index in [4.69, 9.17) is 5.10 Å². The molecule has 0 radical (unpaired) electrons. The number of nitrogens with zero attached hydrogens (tertiary/aromatic N) is 4.